The molecule has 104 valence electrons. The second-order valence-corrected chi connectivity index (χ2v) is 6.77. The van der Waals surface area contributed by atoms with Crippen molar-refractivity contribution in [2.24, 2.45) is 5.73 Å². The first-order valence-electron chi connectivity index (χ1n) is 7.07. The van der Waals surface area contributed by atoms with Gasteiger partial charge in [0.05, 0.1) is 6.10 Å². The van der Waals surface area contributed by atoms with E-state index in [-0.39, 0.29) is 12.1 Å². The lowest BCUT2D eigenvalue weighted by Gasteiger charge is -2.39. The van der Waals surface area contributed by atoms with E-state index >= 15 is 0 Å². The lowest BCUT2D eigenvalue weighted by atomic mass is 9.98. The molecule has 19 heavy (non-hydrogen) atoms. The summed E-state index contributed by atoms with van der Waals surface area (Å²) >= 11 is 3.63. The van der Waals surface area contributed by atoms with Crippen LogP contribution in [0.15, 0.2) is 22.7 Å². The SMILES string of the molecule is C[C@H](N)c1ccc(N2C3CCC2CC(O)C3)cc1Br. The molecule has 3 nitrogen and oxygen atoms in total. The molecule has 4 heteroatoms. The van der Waals surface area contributed by atoms with Crippen LogP contribution < -0.4 is 10.6 Å². The van der Waals surface area contributed by atoms with Gasteiger partial charge in [0, 0.05) is 28.3 Å². The fourth-order valence-corrected chi connectivity index (χ4v) is 4.34. The molecule has 0 spiro atoms. The van der Waals surface area contributed by atoms with Gasteiger partial charge in [-0.1, -0.05) is 22.0 Å². The van der Waals surface area contributed by atoms with Crippen molar-refractivity contribution in [2.75, 3.05) is 4.90 Å². The molecule has 2 unspecified atom stereocenters. The van der Waals surface area contributed by atoms with Crippen molar-refractivity contribution in [3.63, 3.8) is 0 Å². The van der Waals surface area contributed by atoms with Gasteiger partial charge in [-0.2, -0.15) is 0 Å². The summed E-state index contributed by atoms with van der Waals surface area (Å²) in [4.78, 5) is 2.50. The number of hydrogen-bond acceptors (Lipinski definition) is 3. The minimum absolute atomic E-state index is 0.0447. The molecule has 2 aliphatic heterocycles. The van der Waals surface area contributed by atoms with E-state index in [4.69, 9.17) is 5.73 Å². The predicted octanol–water partition coefficient (Wildman–Crippen LogP) is 2.96. The summed E-state index contributed by atoms with van der Waals surface area (Å²) in [5, 5.41) is 9.87. The molecule has 0 amide bonds. The van der Waals surface area contributed by atoms with Crippen molar-refractivity contribution < 1.29 is 5.11 Å². The first-order valence-corrected chi connectivity index (χ1v) is 7.87. The maximum absolute atomic E-state index is 9.87. The van der Waals surface area contributed by atoms with Crippen molar-refractivity contribution in [2.45, 2.75) is 56.8 Å². The fraction of sp³-hybridized carbons (Fsp3) is 0.600. The smallest absolute Gasteiger partial charge is 0.0579 e. The van der Waals surface area contributed by atoms with Crippen molar-refractivity contribution in [3.8, 4) is 0 Å². The molecule has 2 bridgehead atoms. The minimum Gasteiger partial charge on any atom is -0.393 e. The van der Waals surface area contributed by atoms with Crippen molar-refractivity contribution >= 4 is 21.6 Å². The molecule has 1 aromatic rings. The third-order valence-electron chi connectivity index (χ3n) is 4.48. The Labute approximate surface area is 122 Å². The Morgan fingerprint density at radius 1 is 1.32 bits per heavy atom. The average Bonchev–Trinajstić information content (AvgIpc) is 2.61. The van der Waals surface area contributed by atoms with E-state index in [2.05, 4.69) is 39.0 Å². The number of hydrogen-bond donors (Lipinski definition) is 2. The Morgan fingerprint density at radius 2 is 1.95 bits per heavy atom. The summed E-state index contributed by atoms with van der Waals surface area (Å²) in [7, 11) is 0. The third-order valence-corrected chi connectivity index (χ3v) is 5.17. The van der Waals surface area contributed by atoms with Gasteiger partial charge in [0.15, 0.2) is 0 Å². The van der Waals surface area contributed by atoms with Gasteiger partial charge in [-0.3, -0.25) is 0 Å². The van der Waals surface area contributed by atoms with Gasteiger partial charge in [0.25, 0.3) is 0 Å². The lowest BCUT2D eigenvalue weighted by Crippen LogP contribution is -2.44. The number of fused-ring (bicyclic) bond motifs is 2. The van der Waals surface area contributed by atoms with E-state index in [0.717, 1.165) is 22.9 Å². The zero-order chi connectivity index (χ0) is 13.6. The van der Waals surface area contributed by atoms with Crippen LogP contribution in [-0.4, -0.2) is 23.3 Å². The molecule has 1 aromatic carbocycles. The zero-order valence-corrected chi connectivity index (χ0v) is 12.8. The van der Waals surface area contributed by atoms with Crippen molar-refractivity contribution in [1.82, 2.24) is 0 Å². The van der Waals surface area contributed by atoms with Gasteiger partial charge in [-0.25, -0.2) is 0 Å². The van der Waals surface area contributed by atoms with Crippen LogP contribution in [-0.2, 0) is 0 Å². The van der Waals surface area contributed by atoms with Gasteiger partial charge in [-0.05, 0) is 50.3 Å². The fourth-order valence-electron chi connectivity index (χ4n) is 3.62. The van der Waals surface area contributed by atoms with E-state index in [0.29, 0.717) is 12.1 Å². The molecule has 2 saturated heterocycles. The predicted molar refractivity (Wildman–Crippen MR) is 81.3 cm³/mol. The molecule has 0 saturated carbocycles. The van der Waals surface area contributed by atoms with Crippen LogP contribution in [0, 0.1) is 0 Å². The second kappa shape index (κ2) is 5.08. The van der Waals surface area contributed by atoms with E-state index in [1.807, 2.05) is 6.92 Å². The molecule has 3 N–H and O–H groups in total. The summed E-state index contributed by atoms with van der Waals surface area (Å²) in [6.45, 7) is 2.00. The third kappa shape index (κ3) is 2.41. The summed E-state index contributed by atoms with van der Waals surface area (Å²) in [6.07, 6.45) is 4.11. The number of anilines is 1. The van der Waals surface area contributed by atoms with Gasteiger partial charge in [0.1, 0.15) is 0 Å². The Balaban J connectivity index is 1.89. The quantitative estimate of drug-likeness (QED) is 0.879. The molecule has 0 aliphatic carbocycles. The molecule has 2 aliphatic rings. The highest BCUT2D eigenvalue weighted by atomic mass is 79.9. The van der Waals surface area contributed by atoms with Crippen LogP contribution in [0.3, 0.4) is 0 Å². The topological polar surface area (TPSA) is 49.5 Å². The summed E-state index contributed by atoms with van der Waals surface area (Å²) in [5.74, 6) is 0. The highest BCUT2D eigenvalue weighted by Crippen LogP contribution is 2.40. The van der Waals surface area contributed by atoms with Crippen LogP contribution in [0.4, 0.5) is 5.69 Å². The second-order valence-electron chi connectivity index (χ2n) is 5.91. The van der Waals surface area contributed by atoms with Gasteiger partial charge >= 0.3 is 0 Å². The van der Waals surface area contributed by atoms with Crippen molar-refractivity contribution in [3.05, 3.63) is 28.2 Å². The highest BCUT2D eigenvalue weighted by Gasteiger charge is 2.40. The van der Waals surface area contributed by atoms with Gasteiger partial charge < -0.3 is 15.7 Å². The van der Waals surface area contributed by atoms with Crippen LogP contribution in [0.25, 0.3) is 0 Å². The molecular weight excluding hydrogens is 304 g/mol. The summed E-state index contributed by atoms with van der Waals surface area (Å²) < 4.78 is 1.09. The Morgan fingerprint density at radius 3 is 2.47 bits per heavy atom. The molecule has 2 heterocycles. The van der Waals surface area contributed by atoms with E-state index in [9.17, 15) is 5.11 Å². The summed E-state index contributed by atoms with van der Waals surface area (Å²) in [5.41, 5.74) is 8.36. The van der Waals surface area contributed by atoms with E-state index in [1.165, 1.54) is 18.5 Å². The minimum atomic E-state index is -0.111. The van der Waals surface area contributed by atoms with Crippen LogP contribution in [0.2, 0.25) is 0 Å². The maximum Gasteiger partial charge on any atom is 0.0579 e. The normalized spacial score (nSPS) is 31.6. The van der Waals surface area contributed by atoms with Gasteiger partial charge in [0.2, 0.25) is 0 Å². The zero-order valence-electron chi connectivity index (χ0n) is 11.2. The molecular formula is C15H21BrN2O. The van der Waals surface area contributed by atoms with Crippen LogP contribution in [0.5, 0.6) is 0 Å². The number of rotatable bonds is 2. The molecule has 3 atom stereocenters. The Bertz CT molecular complexity index is 463. The number of aliphatic hydroxyl groups is 1. The largest absolute Gasteiger partial charge is 0.393 e. The van der Waals surface area contributed by atoms with Crippen LogP contribution >= 0.6 is 15.9 Å². The Kier molecular flexibility index (Phi) is 3.58. The van der Waals surface area contributed by atoms with E-state index < -0.39 is 0 Å². The molecule has 0 aromatic heterocycles. The standard InChI is InChI=1S/C15H21BrN2O/c1-9(17)14-5-4-12(8-15(14)16)18-10-2-3-11(18)7-13(19)6-10/h4-5,8-11,13,19H,2-3,6-7,17H2,1H3/t9-,10?,11?,13?/m0/s1. The van der Waals surface area contributed by atoms with Gasteiger partial charge in [-0.15, -0.1) is 0 Å². The monoisotopic (exact) mass is 324 g/mol. The molecule has 3 rings (SSSR count). The molecule has 2 fully saturated rings. The van der Waals surface area contributed by atoms with Crippen LogP contribution in [0.1, 0.15) is 44.2 Å². The highest BCUT2D eigenvalue weighted by molar-refractivity contribution is 9.10. The number of aliphatic hydroxyl groups excluding tert-OH is 1. The van der Waals surface area contributed by atoms with E-state index in [1.54, 1.807) is 0 Å². The number of nitrogens with two attached hydrogens (primary N) is 1. The summed E-state index contributed by atoms with van der Waals surface area (Å²) in [6, 6.07) is 7.52. The number of halogens is 1. The van der Waals surface area contributed by atoms with Crippen molar-refractivity contribution in [1.29, 1.82) is 0 Å². The first-order chi connectivity index (χ1) is 9.06. The average molecular weight is 325 g/mol. The first kappa shape index (κ1) is 13.4. The number of benzene rings is 1. The Hall–Kier alpha value is -0.580. The number of nitrogens with zero attached hydrogens (tertiary/aromatic N) is 1. The lowest BCUT2D eigenvalue weighted by molar-refractivity contribution is 0.126. The maximum atomic E-state index is 9.87. The number of piperidine rings is 1. The molecule has 0 radical (unpaired) electrons.